The van der Waals surface area contributed by atoms with Crippen LogP contribution in [0.1, 0.15) is 67.7 Å². The fourth-order valence-electron chi connectivity index (χ4n) is 3.57. The first-order chi connectivity index (χ1) is 7.82. The van der Waals surface area contributed by atoms with Gasteiger partial charge in [-0.05, 0) is 42.0 Å². The first kappa shape index (κ1) is 14.8. The third-order valence-corrected chi connectivity index (χ3v) is 10.5. The van der Waals surface area contributed by atoms with E-state index in [0.29, 0.717) is 16.6 Å². The molecule has 0 unspecified atom stereocenters. The molecule has 0 saturated heterocycles. The summed E-state index contributed by atoms with van der Waals surface area (Å²) < 4.78 is 6.71. The van der Waals surface area contributed by atoms with Gasteiger partial charge in [0.25, 0.3) is 8.32 Å². The summed E-state index contributed by atoms with van der Waals surface area (Å²) in [6, 6.07) is 0. The van der Waals surface area contributed by atoms with Crippen molar-refractivity contribution in [2.75, 3.05) is 0 Å². The highest BCUT2D eigenvalue weighted by atomic mass is 28.4. The molecule has 0 aromatic heterocycles. The maximum atomic E-state index is 6.71. The summed E-state index contributed by atoms with van der Waals surface area (Å²) >= 11 is 0. The molecule has 0 atom stereocenters. The van der Waals surface area contributed by atoms with Gasteiger partial charge in [0.2, 0.25) is 0 Å². The fourth-order valence-corrected chi connectivity index (χ4v) is 8.98. The van der Waals surface area contributed by atoms with Crippen molar-refractivity contribution >= 4 is 8.32 Å². The Balaban J connectivity index is 3.02. The largest absolute Gasteiger partial charge is 0.546 e. The summed E-state index contributed by atoms with van der Waals surface area (Å²) in [5.41, 5.74) is 3.55. The van der Waals surface area contributed by atoms with Crippen LogP contribution >= 0.6 is 0 Å². The van der Waals surface area contributed by atoms with E-state index in [-0.39, 0.29) is 0 Å². The van der Waals surface area contributed by atoms with Crippen LogP contribution in [0.2, 0.25) is 16.6 Å². The lowest BCUT2D eigenvalue weighted by atomic mass is 10.3. The Kier molecular flexibility index (Phi) is 4.88. The Morgan fingerprint density at radius 1 is 0.882 bits per heavy atom. The average Bonchev–Trinajstić information content (AvgIpc) is 2.58. The van der Waals surface area contributed by atoms with Crippen LogP contribution < -0.4 is 0 Å². The summed E-state index contributed by atoms with van der Waals surface area (Å²) in [5, 5.41) is 0. The van der Waals surface area contributed by atoms with Crippen molar-refractivity contribution in [1.82, 2.24) is 0 Å². The second-order valence-corrected chi connectivity index (χ2v) is 11.9. The molecule has 0 saturated carbocycles. The quantitative estimate of drug-likeness (QED) is 0.577. The number of hydrogen-bond donors (Lipinski definition) is 0. The van der Waals surface area contributed by atoms with Gasteiger partial charge in [0, 0.05) is 6.42 Å². The summed E-state index contributed by atoms with van der Waals surface area (Å²) in [7, 11) is -1.69. The topological polar surface area (TPSA) is 9.23 Å². The van der Waals surface area contributed by atoms with E-state index in [4.69, 9.17) is 4.43 Å². The molecular weight excluding hydrogens is 224 g/mol. The fraction of sp³-hybridized carbons (Fsp3) is 0.867. The zero-order valence-corrected chi connectivity index (χ0v) is 13.8. The standard InChI is InChI=1S/C15H30OSi/c1-11(2)17(12(3)4,13(5)6)16-15-10-8-9-14(15)7/h11-13H,8-10H2,1-7H3. The Labute approximate surface area is 109 Å². The van der Waals surface area contributed by atoms with Crippen LogP contribution in [-0.4, -0.2) is 8.32 Å². The second-order valence-electron chi connectivity index (χ2n) is 6.48. The Morgan fingerprint density at radius 3 is 1.65 bits per heavy atom. The highest BCUT2D eigenvalue weighted by molar-refractivity contribution is 6.77. The third-order valence-electron chi connectivity index (χ3n) is 4.44. The molecule has 0 bridgehead atoms. The van der Waals surface area contributed by atoms with Crippen molar-refractivity contribution in [2.45, 2.75) is 84.4 Å². The van der Waals surface area contributed by atoms with Gasteiger partial charge < -0.3 is 4.43 Å². The maximum Gasteiger partial charge on any atom is 0.258 e. The molecule has 0 heterocycles. The van der Waals surface area contributed by atoms with Crippen molar-refractivity contribution < 1.29 is 4.43 Å². The van der Waals surface area contributed by atoms with Gasteiger partial charge in [-0.15, -0.1) is 0 Å². The zero-order chi connectivity index (χ0) is 13.2. The van der Waals surface area contributed by atoms with Crippen LogP contribution in [-0.2, 0) is 4.43 Å². The van der Waals surface area contributed by atoms with E-state index >= 15 is 0 Å². The molecule has 1 nitrogen and oxygen atoms in total. The van der Waals surface area contributed by atoms with E-state index in [1.165, 1.54) is 30.6 Å². The molecule has 2 heteroatoms. The van der Waals surface area contributed by atoms with Crippen molar-refractivity contribution in [3.63, 3.8) is 0 Å². The Morgan fingerprint density at radius 2 is 1.35 bits per heavy atom. The normalized spacial score (nSPS) is 17.8. The number of allylic oxidation sites excluding steroid dienone is 2. The van der Waals surface area contributed by atoms with Gasteiger partial charge in [0.15, 0.2) is 0 Å². The van der Waals surface area contributed by atoms with Gasteiger partial charge in [0.1, 0.15) is 0 Å². The molecule has 0 aromatic rings. The molecule has 0 aliphatic heterocycles. The first-order valence-electron chi connectivity index (χ1n) is 7.20. The molecule has 0 aromatic carbocycles. The molecule has 0 fully saturated rings. The van der Waals surface area contributed by atoms with E-state index < -0.39 is 8.32 Å². The molecular formula is C15H30OSi. The molecule has 0 N–H and O–H groups in total. The van der Waals surface area contributed by atoms with Gasteiger partial charge in [-0.2, -0.15) is 0 Å². The Hall–Kier alpha value is -0.243. The van der Waals surface area contributed by atoms with Crippen LogP contribution in [0.5, 0.6) is 0 Å². The van der Waals surface area contributed by atoms with Crippen LogP contribution in [0.4, 0.5) is 0 Å². The monoisotopic (exact) mass is 254 g/mol. The van der Waals surface area contributed by atoms with Crippen molar-refractivity contribution in [3.05, 3.63) is 11.3 Å². The second kappa shape index (κ2) is 5.60. The number of hydrogen-bond acceptors (Lipinski definition) is 1. The third kappa shape index (κ3) is 2.78. The van der Waals surface area contributed by atoms with Crippen molar-refractivity contribution in [2.24, 2.45) is 0 Å². The van der Waals surface area contributed by atoms with E-state index in [9.17, 15) is 0 Å². The lowest BCUT2D eigenvalue weighted by Crippen LogP contribution is -2.47. The predicted octanol–water partition coefficient (Wildman–Crippen LogP) is 5.64. The maximum absolute atomic E-state index is 6.71. The summed E-state index contributed by atoms with van der Waals surface area (Å²) in [5.74, 6) is 1.34. The smallest absolute Gasteiger partial charge is 0.258 e. The average molecular weight is 254 g/mol. The predicted molar refractivity (Wildman–Crippen MR) is 78.7 cm³/mol. The first-order valence-corrected chi connectivity index (χ1v) is 9.34. The molecule has 0 amide bonds. The molecule has 1 rings (SSSR count). The van der Waals surface area contributed by atoms with E-state index in [1.54, 1.807) is 0 Å². The lowest BCUT2D eigenvalue weighted by molar-refractivity contribution is 0.358. The van der Waals surface area contributed by atoms with Gasteiger partial charge in [-0.3, -0.25) is 0 Å². The van der Waals surface area contributed by atoms with Gasteiger partial charge in [0.05, 0.1) is 5.76 Å². The molecule has 0 radical (unpaired) electrons. The Bertz CT molecular complexity index is 268. The highest BCUT2D eigenvalue weighted by Crippen LogP contribution is 2.45. The van der Waals surface area contributed by atoms with Gasteiger partial charge in [-0.1, -0.05) is 41.5 Å². The van der Waals surface area contributed by atoms with Crippen LogP contribution in [0, 0.1) is 0 Å². The van der Waals surface area contributed by atoms with E-state index in [1.807, 2.05) is 0 Å². The van der Waals surface area contributed by atoms with Gasteiger partial charge in [-0.25, -0.2) is 0 Å². The molecule has 0 spiro atoms. The van der Waals surface area contributed by atoms with Crippen LogP contribution in [0.15, 0.2) is 11.3 Å². The summed E-state index contributed by atoms with van der Waals surface area (Å²) in [4.78, 5) is 0. The summed E-state index contributed by atoms with van der Waals surface area (Å²) in [6.07, 6.45) is 3.71. The zero-order valence-electron chi connectivity index (χ0n) is 12.8. The van der Waals surface area contributed by atoms with Crippen LogP contribution in [0.3, 0.4) is 0 Å². The molecule has 100 valence electrons. The van der Waals surface area contributed by atoms with E-state index in [2.05, 4.69) is 48.5 Å². The minimum atomic E-state index is -1.69. The molecule has 17 heavy (non-hydrogen) atoms. The minimum absolute atomic E-state index is 0.684. The minimum Gasteiger partial charge on any atom is -0.546 e. The number of rotatable bonds is 5. The van der Waals surface area contributed by atoms with Gasteiger partial charge >= 0.3 is 0 Å². The molecule has 1 aliphatic carbocycles. The highest BCUT2D eigenvalue weighted by Gasteiger charge is 2.47. The van der Waals surface area contributed by atoms with Crippen molar-refractivity contribution in [3.8, 4) is 0 Å². The van der Waals surface area contributed by atoms with E-state index in [0.717, 1.165) is 0 Å². The molecule has 1 aliphatic rings. The lowest BCUT2D eigenvalue weighted by Gasteiger charge is -2.43. The summed E-state index contributed by atoms with van der Waals surface area (Å²) in [6.45, 7) is 16.4. The SMILES string of the molecule is CC1=C(O[Si](C(C)C)(C(C)C)C(C)C)CCC1. The van der Waals surface area contributed by atoms with Crippen LogP contribution in [0.25, 0.3) is 0 Å². The van der Waals surface area contributed by atoms with Crippen molar-refractivity contribution in [1.29, 1.82) is 0 Å².